The second-order valence-electron chi connectivity index (χ2n) is 6.34. The molecule has 0 bridgehead atoms. The molecule has 4 nitrogen and oxygen atoms in total. The quantitative estimate of drug-likeness (QED) is 0.859. The summed E-state index contributed by atoms with van der Waals surface area (Å²) < 4.78 is 0. The number of rotatable bonds is 5. The van der Waals surface area contributed by atoms with E-state index >= 15 is 0 Å². The lowest BCUT2D eigenvalue weighted by molar-refractivity contribution is -0.125. The van der Waals surface area contributed by atoms with Crippen LogP contribution < -0.4 is 16.0 Å². The zero-order valence-corrected chi connectivity index (χ0v) is 12.7. The van der Waals surface area contributed by atoms with Gasteiger partial charge in [0.05, 0.1) is 5.41 Å². The first-order chi connectivity index (χ1) is 9.40. The van der Waals surface area contributed by atoms with E-state index in [0.29, 0.717) is 6.54 Å². The van der Waals surface area contributed by atoms with Crippen LogP contribution in [0.25, 0.3) is 0 Å². The molecule has 0 unspecified atom stereocenters. The molecule has 2 rings (SSSR count). The molecule has 4 heteroatoms. The van der Waals surface area contributed by atoms with Crippen LogP contribution in [0.2, 0.25) is 0 Å². The molecule has 0 spiro atoms. The van der Waals surface area contributed by atoms with Crippen LogP contribution in [0.5, 0.6) is 0 Å². The Bertz CT molecular complexity index is 496. The molecule has 20 heavy (non-hydrogen) atoms. The van der Waals surface area contributed by atoms with Crippen molar-refractivity contribution >= 4 is 11.6 Å². The minimum atomic E-state index is -0.506. The summed E-state index contributed by atoms with van der Waals surface area (Å²) in [4.78, 5) is 13.6. The summed E-state index contributed by atoms with van der Waals surface area (Å²) in [5.41, 5.74) is 8.90. The number of amides is 1. The van der Waals surface area contributed by atoms with E-state index in [0.717, 1.165) is 19.5 Å². The van der Waals surface area contributed by atoms with Gasteiger partial charge in [-0.3, -0.25) is 4.79 Å². The highest BCUT2D eigenvalue weighted by molar-refractivity contribution is 5.80. The molecule has 1 aromatic rings. The molecule has 0 saturated heterocycles. The molecular weight excluding hydrogens is 250 g/mol. The van der Waals surface area contributed by atoms with Gasteiger partial charge in [0.1, 0.15) is 0 Å². The molecule has 0 aromatic heterocycles. The fourth-order valence-corrected chi connectivity index (χ4v) is 2.56. The zero-order chi connectivity index (χ0) is 14.8. The number of fused-ring (bicyclic) bond motifs is 1. The number of hydrogen-bond acceptors (Lipinski definition) is 3. The molecule has 0 saturated carbocycles. The predicted molar refractivity (Wildman–Crippen MR) is 82.7 cm³/mol. The zero-order valence-electron chi connectivity index (χ0n) is 12.7. The van der Waals surface area contributed by atoms with E-state index in [1.807, 2.05) is 13.8 Å². The van der Waals surface area contributed by atoms with E-state index in [9.17, 15) is 4.79 Å². The third-order valence-corrected chi connectivity index (χ3v) is 4.06. The molecule has 0 radical (unpaired) electrons. The summed E-state index contributed by atoms with van der Waals surface area (Å²) >= 11 is 0. The van der Waals surface area contributed by atoms with Crippen molar-refractivity contribution in [2.45, 2.75) is 33.2 Å². The minimum absolute atomic E-state index is 0.267. The fourth-order valence-electron chi connectivity index (χ4n) is 2.56. The fraction of sp³-hybridized carbons (Fsp3) is 0.562. The lowest BCUT2D eigenvalue weighted by atomic mass is 9.92. The first-order valence-electron chi connectivity index (χ1n) is 7.24. The van der Waals surface area contributed by atoms with Crippen molar-refractivity contribution in [2.24, 2.45) is 11.1 Å². The van der Waals surface area contributed by atoms with E-state index in [1.165, 1.54) is 23.2 Å². The number of nitrogens with one attached hydrogen (secondary N) is 1. The Balaban J connectivity index is 1.96. The smallest absolute Gasteiger partial charge is 0.224 e. The minimum Gasteiger partial charge on any atom is -0.374 e. The standard InChI is InChI=1S/C16H25N3O/c1-16(2,15(17)20)11-18-10-12-6-7-14-13(9-12)5-4-8-19(14)3/h6-7,9,18H,4-5,8,10-11H2,1-3H3,(H2,17,20). The summed E-state index contributed by atoms with van der Waals surface area (Å²) in [5.74, 6) is -0.267. The molecule has 1 heterocycles. The largest absolute Gasteiger partial charge is 0.374 e. The summed E-state index contributed by atoms with van der Waals surface area (Å²) in [6.07, 6.45) is 2.37. The van der Waals surface area contributed by atoms with Gasteiger partial charge in [0.15, 0.2) is 0 Å². The highest BCUT2D eigenvalue weighted by Crippen LogP contribution is 2.26. The average Bonchev–Trinajstić information content (AvgIpc) is 2.38. The van der Waals surface area contributed by atoms with Crippen molar-refractivity contribution in [3.05, 3.63) is 29.3 Å². The lowest BCUT2D eigenvalue weighted by Crippen LogP contribution is -2.40. The molecule has 110 valence electrons. The van der Waals surface area contributed by atoms with Gasteiger partial charge in [-0.15, -0.1) is 0 Å². The molecule has 1 aliphatic rings. The Morgan fingerprint density at radius 2 is 2.20 bits per heavy atom. The molecule has 0 fully saturated rings. The Morgan fingerprint density at radius 3 is 2.90 bits per heavy atom. The number of anilines is 1. The number of hydrogen-bond donors (Lipinski definition) is 2. The van der Waals surface area contributed by atoms with Gasteiger partial charge in [0.25, 0.3) is 0 Å². The normalized spacial score (nSPS) is 15.1. The number of carbonyl (C=O) groups is 1. The van der Waals surface area contributed by atoms with Gasteiger partial charge in [0.2, 0.25) is 5.91 Å². The van der Waals surface area contributed by atoms with Gasteiger partial charge in [-0.1, -0.05) is 12.1 Å². The van der Waals surface area contributed by atoms with Gasteiger partial charge in [-0.25, -0.2) is 0 Å². The van der Waals surface area contributed by atoms with Gasteiger partial charge in [-0.05, 0) is 43.9 Å². The van der Waals surface area contributed by atoms with E-state index in [1.54, 1.807) is 0 Å². The number of benzene rings is 1. The van der Waals surface area contributed by atoms with Crippen molar-refractivity contribution in [1.29, 1.82) is 0 Å². The average molecular weight is 275 g/mol. The summed E-state index contributed by atoms with van der Waals surface area (Å²) in [5, 5.41) is 3.33. The Labute approximate surface area is 121 Å². The maximum Gasteiger partial charge on any atom is 0.224 e. The van der Waals surface area contributed by atoms with Crippen LogP contribution in [-0.2, 0) is 17.8 Å². The van der Waals surface area contributed by atoms with E-state index in [4.69, 9.17) is 5.73 Å². The van der Waals surface area contributed by atoms with Gasteiger partial charge in [-0.2, -0.15) is 0 Å². The number of primary amides is 1. The molecule has 3 N–H and O–H groups in total. The van der Waals surface area contributed by atoms with Gasteiger partial charge < -0.3 is 16.0 Å². The third kappa shape index (κ3) is 3.31. The maximum absolute atomic E-state index is 11.3. The van der Waals surface area contributed by atoms with Crippen molar-refractivity contribution in [3.8, 4) is 0 Å². The van der Waals surface area contributed by atoms with Crippen molar-refractivity contribution in [3.63, 3.8) is 0 Å². The predicted octanol–water partition coefficient (Wildman–Crippen LogP) is 1.67. The first-order valence-corrected chi connectivity index (χ1v) is 7.24. The second kappa shape index (κ2) is 5.83. The monoisotopic (exact) mass is 275 g/mol. The molecule has 1 amide bonds. The van der Waals surface area contributed by atoms with Crippen LogP contribution in [0.15, 0.2) is 18.2 Å². The second-order valence-corrected chi connectivity index (χ2v) is 6.34. The van der Waals surface area contributed by atoms with Gasteiger partial charge in [0, 0.05) is 32.4 Å². The Morgan fingerprint density at radius 1 is 1.45 bits per heavy atom. The van der Waals surface area contributed by atoms with Crippen molar-refractivity contribution in [2.75, 3.05) is 25.0 Å². The highest BCUT2D eigenvalue weighted by Gasteiger charge is 2.24. The SMILES string of the molecule is CN1CCCc2cc(CNCC(C)(C)C(N)=O)ccc21. The molecule has 0 aliphatic carbocycles. The number of nitrogens with two attached hydrogens (primary N) is 1. The highest BCUT2D eigenvalue weighted by atomic mass is 16.1. The summed E-state index contributed by atoms with van der Waals surface area (Å²) in [6.45, 7) is 6.23. The van der Waals surface area contributed by atoms with Crippen LogP contribution in [0.1, 0.15) is 31.4 Å². The van der Waals surface area contributed by atoms with Gasteiger partial charge >= 0.3 is 0 Å². The Hall–Kier alpha value is -1.55. The van der Waals surface area contributed by atoms with Crippen molar-refractivity contribution in [1.82, 2.24) is 5.32 Å². The van der Waals surface area contributed by atoms with Crippen LogP contribution in [0, 0.1) is 5.41 Å². The van der Waals surface area contributed by atoms with E-state index in [-0.39, 0.29) is 5.91 Å². The molecular formula is C16H25N3O. The maximum atomic E-state index is 11.3. The number of nitrogens with zero attached hydrogens (tertiary/aromatic N) is 1. The topological polar surface area (TPSA) is 58.4 Å². The molecule has 1 aliphatic heterocycles. The lowest BCUT2D eigenvalue weighted by Gasteiger charge is -2.28. The molecule has 0 atom stereocenters. The van der Waals surface area contributed by atoms with Crippen molar-refractivity contribution < 1.29 is 4.79 Å². The molecule has 1 aromatic carbocycles. The Kier molecular flexibility index (Phi) is 4.33. The van der Waals surface area contributed by atoms with Crippen LogP contribution in [0.4, 0.5) is 5.69 Å². The van der Waals surface area contributed by atoms with Crippen LogP contribution in [0.3, 0.4) is 0 Å². The third-order valence-electron chi connectivity index (χ3n) is 4.06. The first kappa shape index (κ1) is 14.9. The van der Waals surface area contributed by atoms with E-state index in [2.05, 4.69) is 35.5 Å². The van der Waals surface area contributed by atoms with Crippen LogP contribution in [-0.4, -0.2) is 26.0 Å². The van der Waals surface area contributed by atoms with E-state index < -0.39 is 5.41 Å². The number of carbonyl (C=O) groups excluding carboxylic acids is 1. The summed E-state index contributed by atoms with van der Waals surface area (Å²) in [7, 11) is 2.14. The van der Waals surface area contributed by atoms with Crippen LogP contribution >= 0.6 is 0 Å². The summed E-state index contributed by atoms with van der Waals surface area (Å²) in [6, 6.07) is 6.63. The number of aryl methyl sites for hydroxylation is 1.